The molecule has 11 heteroatoms. The topological polar surface area (TPSA) is 116 Å². The summed E-state index contributed by atoms with van der Waals surface area (Å²) in [6.07, 6.45) is 0.165. The van der Waals surface area contributed by atoms with Crippen LogP contribution < -0.4 is 10.6 Å². The maximum Gasteiger partial charge on any atom is 0.354 e. The highest BCUT2D eigenvalue weighted by atomic mass is 32.2. The zero-order chi connectivity index (χ0) is 22.0. The van der Waals surface area contributed by atoms with E-state index in [4.69, 9.17) is 0 Å². The Morgan fingerprint density at radius 1 is 1.16 bits per heavy atom. The number of hydrogen-bond acceptors (Lipinski definition) is 7. The maximum atomic E-state index is 12.7. The van der Waals surface area contributed by atoms with Crippen molar-refractivity contribution < 1.29 is 24.3 Å². The molecule has 1 fully saturated rings. The van der Waals surface area contributed by atoms with Crippen molar-refractivity contribution in [1.29, 1.82) is 0 Å². The summed E-state index contributed by atoms with van der Waals surface area (Å²) in [4.78, 5) is 51.9. The molecule has 4 rings (SSSR count). The summed E-state index contributed by atoms with van der Waals surface area (Å²) < 4.78 is 0. The van der Waals surface area contributed by atoms with Gasteiger partial charge in [0.15, 0.2) is 5.70 Å². The molecule has 1 saturated heterocycles. The van der Waals surface area contributed by atoms with Crippen LogP contribution in [0.3, 0.4) is 0 Å². The predicted octanol–water partition coefficient (Wildman–Crippen LogP) is 2.49. The normalized spacial score (nSPS) is 20.0. The van der Waals surface area contributed by atoms with Crippen LogP contribution in [0.1, 0.15) is 4.88 Å². The largest absolute Gasteiger partial charge is 0.477 e. The molecule has 160 valence electrons. The fourth-order valence-corrected chi connectivity index (χ4v) is 5.92. The first kappa shape index (κ1) is 21.5. The van der Waals surface area contributed by atoms with Crippen LogP contribution in [-0.4, -0.2) is 50.2 Å². The minimum atomic E-state index is -1.30. The van der Waals surface area contributed by atoms with Crippen molar-refractivity contribution in [2.75, 3.05) is 5.75 Å². The van der Waals surface area contributed by atoms with Crippen molar-refractivity contribution in [3.63, 3.8) is 0 Å². The molecule has 2 atom stereocenters. The zero-order valence-corrected chi connectivity index (χ0v) is 18.4. The molecule has 8 nitrogen and oxygen atoms in total. The van der Waals surface area contributed by atoms with Gasteiger partial charge in [-0.25, -0.2) is 4.79 Å². The minimum absolute atomic E-state index is 0.165. The number of carbonyl (C=O) groups excluding carboxylic acids is 3. The molecule has 2 aliphatic heterocycles. The van der Waals surface area contributed by atoms with Crippen LogP contribution in [0, 0.1) is 0 Å². The van der Waals surface area contributed by atoms with Gasteiger partial charge in [-0.2, -0.15) is 0 Å². The van der Waals surface area contributed by atoms with Crippen molar-refractivity contribution in [3.8, 4) is 0 Å². The number of aliphatic carboxylic acids is 1. The van der Waals surface area contributed by atoms with Crippen LogP contribution in [0.25, 0.3) is 0 Å². The van der Waals surface area contributed by atoms with Gasteiger partial charge in [0.05, 0.1) is 12.1 Å². The standard InChI is InChI=1S/C20H17N3O5S3/c24-14(9-12-7-4-8-29-12)22-15-17(25)23-16(19(26)27)13(10-30-18(15)23)21-20(28)31-11-5-2-1-3-6-11/h1-8,15,18H,9-10H2,(H,21,28)(H,22,24)(H,26,27)/t15?,18-/m1/s1. The monoisotopic (exact) mass is 475 g/mol. The average molecular weight is 476 g/mol. The fourth-order valence-electron chi connectivity index (χ4n) is 3.26. The number of thioether (sulfide) groups is 2. The quantitative estimate of drug-likeness (QED) is 0.434. The van der Waals surface area contributed by atoms with E-state index >= 15 is 0 Å². The van der Waals surface area contributed by atoms with Gasteiger partial charge in [-0.05, 0) is 35.3 Å². The van der Waals surface area contributed by atoms with Crippen LogP contribution >= 0.6 is 34.9 Å². The van der Waals surface area contributed by atoms with Gasteiger partial charge in [-0.15, -0.1) is 23.1 Å². The molecule has 3 amide bonds. The molecule has 2 aliphatic rings. The number of carboxylic acids is 1. The number of nitrogens with one attached hydrogen (secondary N) is 2. The summed E-state index contributed by atoms with van der Waals surface area (Å²) in [6, 6.07) is 11.8. The predicted molar refractivity (Wildman–Crippen MR) is 119 cm³/mol. The van der Waals surface area contributed by atoms with Gasteiger partial charge in [-0.3, -0.25) is 19.3 Å². The Hall–Kier alpha value is -2.76. The first-order valence-corrected chi connectivity index (χ1v) is 12.0. The number of carbonyl (C=O) groups is 4. The molecule has 3 heterocycles. The second-order valence-electron chi connectivity index (χ2n) is 6.67. The number of β-lactam (4-membered cyclic amide) rings is 1. The van der Waals surface area contributed by atoms with E-state index < -0.39 is 28.5 Å². The Balaban J connectivity index is 1.43. The van der Waals surface area contributed by atoms with Gasteiger partial charge in [0, 0.05) is 15.5 Å². The Labute approximate surface area is 190 Å². The molecule has 2 aromatic rings. The van der Waals surface area contributed by atoms with E-state index in [1.54, 1.807) is 24.3 Å². The van der Waals surface area contributed by atoms with Crippen molar-refractivity contribution in [2.45, 2.75) is 22.7 Å². The maximum absolute atomic E-state index is 12.7. The van der Waals surface area contributed by atoms with Crippen molar-refractivity contribution in [1.82, 2.24) is 15.5 Å². The van der Waals surface area contributed by atoms with Gasteiger partial charge in [-0.1, -0.05) is 24.3 Å². The minimum Gasteiger partial charge on any atom is -0.477 e. The lowest BCUT2D eigenvalue weighted by molar-refractivity contribution is -0.150. The first-order valence-electron chi connectivity index (χ1n) is 9.21. The highest BCUT2D eigenvalue weighted by Gasteiger charge is 2.54. The molecule has 3 N–H and O–H groups in total. The van der Waals surface area contributed by atoms with Crippen LogP contribution in [0.5, 0.6) is 0 Å². The van der Waals surface area contributed by atoms with Gasteiger partial charge in [0.1, 0.15) is 11.4 Å². The van der Waals surface area contributed by atoms with E-state index in [0.717, 1.165) is 21.5 Å². The summed E-state index contributed by atoms with van der Waals surface area (Å²) in [5.74, 6) is -1.90. The Bertz CT molecular complexity index is 1060. The number of hydrogen-bond donors (Lipinski definition) is 3. The molecule has 0 saturated carbocycles. The number of benzene rings is 1. The van der Waals surface area contributed by atoms with E-state index in [1.165, 1.54) is 23.1 Å². The molecule has 0 radical (unpaired) electrons. The number of thiophene rings is 1. The van der Waals surface area contributed by atoms with Crippen LogP contribution in [-0.2, 0) is 20.8 Å². The third-order valence-corrected chi connectivity index (χ3v) is 7.56. The first-order chi connectivity index (χ1) is 14.9. The Kier molecular flexibility index (Phi) is 6.35. The van der Waals surface area contributed by atoms with Gasteiger partial charge >= 0.3 is 5.97 Å². The summed E-state index contributed by atoms with van der Waals surface area (Å²) in [5.41, 5.74) is -0.0848. The number of nitrogens with zero attached hydrogens (tertiary/aromatic N) is 1. The molecule has 0 aliphatic carbocycles. The van der Waals surface area contributed by atoms with Crippen molar-refractivity contribution in [2.24, 2.45) is 0 Å². The third kappa shape index (κ3) is 4.63. The van der Waals surface area contributed by atoms with E-state index in [2.05, 4.69) is 10.6 Å². The molecule has 0 spiro atoms. The highest BCUT2D eigenvalue weighted by Crippen LogP contribution is 2.40. The summed E-state index contributed by atoms with van der Waals surface area (Å²) in [5, 5.41) is 15.9. The van der Waals surface area contributed by atoms with Crippen LogP contribution in [0.15, 0.2) is 64.1 Å². The van der Waals surface area contributed by atoms with E-state index in [0.29, 0.717) is 4.90 Å². The fraction of sp³-hybridized carbons (Fsp3) is 0.200. The smallest absolute Gasteiger partial charge is 0.354 e. The second kappa shape index (κ2) is 9.16. The number of amides is 3. The number of rotatable bonds is 6. The number of fused-ring (bicyclic) bond motifs is 1. The lowest BCUT2D eigenvalue weighted by Crippen LogP contribution is -2.71. The molecule has 0 bridgehead atoms. The van der Waals surface area contributed by atoms with E-state index in [-0.39, 0.29) is 29.5 Å². The van der Waals surface area contributed by atoms with Crippen molar-refractivity contribution >= 4 is 57.9 Å². The third-order valence-electron chi connectivity index (χ3n) is 4.61. The molecular weight excluding hydrogens is 458 g/mol. The zero-order valence-electron chi connectivity index (χ0n) is 15.9. The highest BCUT2D eigenvalue weighted by molar-refractivity contribution is 8.13. The molecule has 1 aromatic heterocycles. The van der Waals surface area contributed by atoms with Crippen molar-refractivity contribution in [3.05, 3.63) is 64.1 Å². The number of carboxylic acid groups (broad SMARTS) is 1. The Morgan fingerprint density at radius 2 is 1.94 bits per heavy atom. The SMILES string of the molecule is O=C(Cc1cccs1)NC1C(=O)N2C(C(=O)O)=C(NC(=O)Sc3ccccc3)CS[C@H]12. The summed E-state index contributed by atoms with van der Waals surface area (Å²) >= 11 is 3.69. The summed E-state index contributed by atoms with van der Waals surface area (Å²) in [7, 11) is 0. The summed E-state index contributed by atoms with van der Waals surface area (Å²) in [6.45, 7) is 0. The van der Waals surface area contributed by atoms with E-state index in [1.807, 2.05) is 23.6 Å². The molecule has 31 heavy (non-hydrogen) atoms. The van der Waals surface area contributed by atoms with Gasteiger partial charge in [0.25, 0.3) is 11.1 Å². The van der Waals surface area contributed by atoms with Gasteiger partial charge < -0.3 is 15.7 Å². The molecule has 1 aromatic carbocycles. The Morgan fingerprint density at radius 3 is 2.61 bits per heavy atom. The van der Waals surface area contributed by atoms with Gasteiger partial charge in [0.2, 0.25) is 5.91 Å². The van der Waals surface area contributed by atoms with Crippen LogP contribution in [0.4, 0.5) is 4.79 Å². The average Bonchev–Trinajstić information content (AvgIpc) is 3.25. The van der Waals surface area contributed by atoms with E-state index in [9.17, 15) is 24.3 Å². The molecular formula is C20H17N3O5S3. The lowest BCUT2D eigenvalue weighted by Gasteiger charge is -2.49. The lowest BCUT2D eigenvalue weighted by atomic mass is 10.0. The van der Waals surface area contributed by atoms with Crippen LogP contribution in [0.2, 0.25) is 0 Å². The second-order valence-corrected chi connectivity index (χ2v) is 9.85. The molecule has 1 unspecified atom stereocenters.